The number of hydrogen-bond acceptors (Lipinski definition) is 3. The largest absolute Gasteiger partial charge is 0.494 e. The molecule has 0 fully saturated rings. The van der Waals surface area contributed by atoms with Gasteiger partial charge in [-0.25, -0.2) is 4.98 Å². The van der Waals surface area contributed by atoms with Crippen molar-refractivity contribution in [1.82, 2.24) is 9.97 Å². The van der Waals surface area contributed by atoms with E-state index in [0.717, 1.165) is 22.3 Å². The van der Waals surface area contributed by atoms with Gasteiger partial charge in [0.1, 0.15) is 11.4 Å². The average Bonchev–Trinajstić information content (AvgIpc) is 2.54. The molecule has 22 heavy (non-hydrogen) atoms. The molecule has 3 aromatic rings. The van der Waals surface area contributed by atoms with E-state index in [1.807, 2.05) is 61.5 Å². The van der Waals surface area contributed by atoms with Gasteiger partial charge in [0.25, 0.3) is 5.56 Å². The zero-order chi connectivity index (χ0) is 15.4. The molecule has 0 aliphatic rings. The summed E-state index contributed by atoms with van der Waals surface area (Å²) >= 11 is 0. The number of ether oxygens (including phenoxy) is 1. The van der Waals surface area contributed by atoms with E-state index in [1.54, 1.807) is 6.08 Å². The van der Waals surface area contributed by atoms with Crippen molar-refractivity contribution in [2.75, 3.05) is 6.61 Å². The van der Waals surface area contributed by atoms with Gasteiger partial charge in [0, 0.05) is 0 Å². The average molecular weight is 292 g/mol. The van der Waals surface area contributed by atoms with E-state index in [9.17, 15) is 4.79 Å². The van der Waals surface area contributed by atoms with Crippen molar-refractivity contribution in [3.8, 4) is 5.75 Å². The summed E-state index contributed by atoms with van der Waals surface area (Å²) < 4.78 is 5.40. The fraction of sp³-hybridized carbons (Fsp3) is 0.111. The molecule has 4 nitrogen and oxygen atoms in total. The van der Waals surface area contributed by atoms with Crippen LogP contribution in [0.5, 0.6) is 5.75 Å². The van der Waals surface area contributed by atoms with Crippen molar-refractivity contribution in [2.45, 2.75) is 6.92 Å². The van der Waals surface area contributed by atoms with Gasteiger partial charge in [0.15, 0.2) is 0 Å². The summed E-state index contributed by atoms with van der Waals surface area (Å²) in [4.78, 5) is 19.2. The fourth-order valence-electron chi connectivity index (χ4n) is 2.17. The van der Waals surface area contributed by atoms with Crippen LogP contribution in [0.2, 0.25) is 0 Å². The predicted octanol–water partition coefficient (Wildman–Crippen LogP) is 3.49. The normalized spacial score (nSPS) is 11.1. The minimum absolute atomic E-state index is 0.194. The van der Waals surface area contributed by atoms with Gasteiger partial charge in [-0.2, -0.15) is 0 Å². The number of aromatic nitrogens is 2. The molecule has 0 spiro atoms. The van der Waals surface area contributed by atoms with Crippen LogP contribution in [0.1, 0.15) is 18.2 Å². The number of hydrogen-bond donors (Lipinski definition) is 1. The van der Waals surface area contributed by atoms with E-state index >= 15 is 0 Å². The van der Waals surface area contributed by atoms with Crippen molar-refractivity contribution >= 4 is 23.2 Å². The lowest BCUT2D eigenvalue weighted by Crippen LogP contribution is -2.11. The molecular formula is C18H16N2O2. The highest BCUT2D eigenvalue weighted by Crippen LogP contribution is 2.14. The molecule has 0 radical (unpaired) electrons. The van der Waals surface area contributed by atoms with Crippen LogP contribution in [0.4, 0.5) is 0 Å². The quantitative estimate of drug-likeness (QED) is 0.800. The number of benzene rings is 2. The molecule has 0 saturated heterocycles. The Kier molecular flexibility index (Phi) is 4.01. The van der Waals surface area contributed by atoms with Crippen LogP contribution in [-0.2, 0) is 0 Å². The molecule has 110 valence electrons. The minimum Gasteiger partial charge on any atom is -0.494 e. The summed E-state index contributed by atoms with van der Waals surface area (Å²) in [5, 5.41) is 0. The smallest absolute Gasteiger partial charge is 0.274 e. The zero-order valence-corrected chi connectivity index (χ0v) is 12.2. The van der Waals surface area contributed by atoms with Gasteiger partial charge in [-0.3, -0.25) is 4.79 Å². The van der Waals surface area contributed by atoms with E-state index in [-0.39, 0.29) is 5.56 Å². The second kappa shape index (κ2) is 6.26. The van der Waals surface area contributed by atoms with Gasteiger partial charge >= 0.3 is 0 Å². The summed E-state index contributed by atoms with van der Waals surface area (Å²) in [6.07, 6.45) is 3.59. The standard InChI is InChI=1S/C18H16N2O2/c1-2-22-14-10-7-13(8-11-14)9-12-17-18(21)20-16-6-4-3-5-15(16)19-17/h3-12H,2H2,1H3,(H,20,21)/b12-9+. The van der Waals surface area contributed by atoms with Crippen molar-refractivity contribution in [3.63, 3.8) is 0 Å². The second-order valence-corrected chi connectivity index (χ2v) is 4.80. The highest BCUT2D eigenvalue weighted by molar-refractivity contribution is 5.76. The van der Waals surface area contributed by atoms with Crippen molar-refractivity contribution in [3.05, 3.63) is 70.1 Å². The lowest BCUT2D eigenvalue weighted by Gasteiger charge is -2.02. The monoisotopic (exact) mass is 292 g/mol. The van der Waals surface area contributed by atoms with Crippen molar-refractivity contribution in [2.24, 2.45) is 0 Å². The first-order valence-corrected chi connectivity index (χ1v) is 7.16. The lowest BCUT2D eigenvalue weighted by molar-refractivity contribution is 0.340. The van der Waals surface area contributed by atoms with E-state index in [2.05, 4.69) is 9.97 Å². The van der Waals surface area contributed by atoms with Gasteiger partial charge in [-0.1, -0.05) is 30.3 Å². The fourth-order valence-corrected chi connectivity index (χ4v) is 2.17. The molecule has 0 unspecified atom stereocenters. The van der Waals surface area contributed by atoms with Gasteiger partial charge in [0.2, 0.25) is 0 Å². The molecule has 0 bridgehead atoms. The molecule has 2 aromatic carbocycles. The highest BCUT2D eigenvalue weighted by Gasteiger charge is 2.01. The third-order valence-electron chi connectivity index (χ3n) is 3.25. The topological polar surface area (TPSA) is 55.0 Å². The maximum absolute atomic E-state index is 12.0. The Bertz CT molecular complexity index is 864. The number of fused-ring (bicyclic) bond motifs is 1. The van der Waals surface area contributed by atoms with Crippen LogP contribution >= 0.6 is 0 Å². The summed E-state index contributed by atoms with van der Waals surface area (Å²) in [5.41, 5.74) is 2.70. The molecular weight excluding hydrogens is 276 g/mol. The summed E-state index contributed by atoms with van der Waals surface area (Å²) in [7, 11) is 0. The molecule has 1 heterocycles. The maximum Gasteiger partial charge on any atom is 0.274 e. The Labute approximate surface area is 128 Å². The van der Waals surface area contributed by atoms with Crippen LogP contribution in [0.15, 0.2) is 53.3 Å². The van der Waals surface area contributed by atoms with Crippen LogP contribution < -0.4 is 10.3 Å². The van der Waals surface area contributed by atoms with Crippen LogP contribution in [0.25, 0.3) is 23.2 Å². The zero-order valence-electron chi connectivity index (χ0n) is 12.2. The molecule has 0 aliphatic heterocycles. The third-order valence-corrected chi connectivity index (χ3v) is 3.25. The SMILES string of the molecule is CCOc1ccc(/C=C/c2nc3ccccc3[nH]c2=O)cc1. The first kappa shape index (κ1) is 14.1. The van der Waals surface area contributed by atoms with Crippen molar-refractivity contribution < 1.29 is 4.74 Å². The molecule has 1 aromatic heterocycles. The summed E-state index contributed by atoms with van der Waals surface area (Å²) in [6, 6.07) is 15.2. The number of rotatable bonds is 4. The van der Waals surface area contributed by atoms with Crippen molar-refractivity contribution in [1.29, 1.82) is 0 Å². The molecule has 1 N–H and O–H groups in total. The Balaban J connectivity index is 1.88. The third kappa shape index (κ3) is 3.06. The predicted molar refractivity (Wildman–Crippen MR) is 88.9 cm³/mol. The number of H-pyrrole nitrogens is 1. The lowest BCUT2D eigenvalue weighted by atomic mass is 10.2. The second-order valence-electron chi connectivity index (χ2n) is 4.80. The van der Waals surface area contributed by atoms with Gasteiger partial charge < -0.3 is 9.72 Å². The van der Waals surface area contributed by atoms with Gasteiger partial charge in [-0.05, 0) is 42.8 Å². The van der Waals surface area contributed by atoms with E-state index in [4.69, 9.17) is 4.74 Å². The first-order valence-electron chi connectivity index (χ1n) is 7.16. The van der Waals surface area contributed by atoms with E-state index < -0.39 is 0 Å². The number of aromatic amines is 1. The van der Waals surface area contributed by atoms with Crippen LogP contribution in [-0.4, -0.2) is 16.6 Å². The number of nitrogens with zero attached hydrogens (tertiary/aromatic N) is 1. The Hall–Kier alpha value is -2.88. The Morgan fingerprint density at radius 2 is 1.86 bits per heavy atom. The molecule has 3 rings (SSSR count). The minimum atomic E-state index is -0.194. The molecule has 0 amide bonds. The Morgan fingerprint density at radius 1 is 1.09 bits per heavy atom. The Morgan fingerprint density at radius 3 is 2.64 bits per heavy atom. The number of nitrogens with one attached hydrogen (secondary N) is 1. The van der Waals surface area contributed by atoms with Crippen LogP contribution in [0.3, 0.4) is 0 Å². The molecule has 0 saturated carbocycles. The van der Waals surface area contributed by atoms with Crippen LogP contribution in [0, 0.1) is 0 Å². The first-order chi connectivity index (χ1) is 10.8. The van der Waals surface area contributed by atoms with E-state index in [0.29, 0.717) is 12.3 Å². The molecule has 0 atom stereocenters. The summed E-state index contributed by atoms with van der Waals surface area (Å²) in [5.74, 6) is 0.835. The van der Waals surface area contributed by atoms with Gasteiger partial charge in [-0.15, -0.1) is 0 Å². The summed E-state index contributed by atoms with van der Waals surface area (Å²) in [6.45, 7) is 2.59. The van der Waals surface area contributed by atoms with Gasteiger partial charge in [0.05, 0.1) is 17.6 Å². The molecule has 0 aliphatic carbocycles. The number of para-hydroxylation sites is 2. The highest BCUT2D eigenvalue weighted by atomic mass is 16.5. The van der Waals surface area contributed by atoms with E-state index in [1.165, 1.54) is 0 Å². The molecule has 4 heteroatoms. The maximum atomic E-state index is 12.0.